The first-order valence-electron chi connectivity index (χ1n) is 9.78. The van der Waals surface area contributed by atoms with E-state index in [0.717, 1.165) is 47.4 Å². The SMILES string of the molecule is CNc1nccc(Sc2nc(CO)c(N3CCC(C)(C(C)N)CC3)nc2C)c1Cl. The first-order chi connectivity index (χ1) is 13.8. The minimum Gasteiger partial charge on any atom is -0.390 e. The zero-order chi connectivity index (χ0) is 21.2. The van der Waals surface area contributed by atoms with Gasteiger partial charge in [-0.05, 0) is 38.2 Å². The number of aliphatic hydroxyl groups is 1. The zero-order valence-electron chi connectivity index (χ0n) is 17.4. The van der Waals surface area contributed by atoms with Crippen LogP contribution in [0.3, 0.4) is 0 Å². The number of hydrogen-bond acceptors (Lipinski definition) is 8. The molecule has 9 heteroatoms. The molecule has 0 amide bonds. The molecule has 1 aliphatic rings. The van der Waals surface area contributed by atoms with Crippen LogP contribution in [0.4, 0.5) is 11.6 Å². The van der Waals surface area contributed by atoms with E-state index >= 15 is 0 Å². The Morgan fingerprint density at radius 2 is 2.07 bits per heavy atom. The molecule has 1 fully saturated rings. The summed E-state index contributed by atoms with van der Waals surface area (Å²) in [7, 11) is 1.78. The van der Waals surface area contributed by atoms with E-state index in [2.05, 4.69) is 29.0 Å². The van der Waals surface area contributed by atoms with Crippen LogP contribution in [0.5, 0.6) is 0 Å². The van der Waals surface area contributed by atoms with Gasteiger partial charge in [0.25, 0.3) is 0 Å². The molecule has 3 rings (SSSR count). The number of rotatable bonds is 6. The van der Waals surface area contributed by atoms with E-state index in [1.165, 1.54) is 11.8 Å². The second-order valence-electron chi connectivity index (χ2n) is 7.80. The number of halogens is 1. The molecule has 2 aromatic rings. The van der Waals surface area contributed by atoms with Gasteiger partial charge in [0, 0.05) is 37.3 Å². The molecule has 0 spiro atoms. The molecule has 1 atom stereocenters. The first kappa shape index (κ1) is 22.1. The highest BCUT2D eigenvalue weighted by atomic mass is 35.5. The maximum absolute atomic E-state index is 9.95. The topological polar surface area (TPSA) is 100 Å². The summed E-state index contributed by atoms with van der Waals surface area (Å²) in [5.41, 5.74) is 7.71. The van der Waals surface area contributed by atoms with Gasteiger partial charge in [0.2, 0.25) is 0 Å². The summed E-state index contributed by atoms with van der Waals surface area (Å²) in [4.78, 5) is 16.8. The highest BCUT2D eigenvalue weighted by Gasteiger charge is 2.34. The maximum Gasteiger partial charge on any atom is 0.153 e. The third-order valence-electron chi connectivity index (χ3n) is 5.83. The van der Waals surface area contributed by atoms with Crippen molar-refractivity contribution in [3.8, 4) is 0 Å². The number of aromatic nitrogens is 3. The average molecular weight is 437 g/mol. The van der Waals surface area contributed by atoms with E-state index in [0.29, 0.717) is 16.5 Å². The molecule has 1 unspecified atom stereocenters. The van der Waals surface area contributed by atoms with E-state index in [4.69, 9.17) is 27.3 Å². The van der Waals surface area contributed by atoms with Crippen LogP contribution in [0.1, 0.15) is 38.1 Å². The summed E-state index contributed by atoms with van der Waals surface area (Å²) in [5.74, 6) is 1.38. The molecule has 0 aliphatic carbocycles. The molecule has 29 heavy (non-hydrogen) atoms. The van der Waals surface area contributed by atoms with Gasteiger partial charge in [-0.2, -0.15) is 0 Å². The van der Waals surface area contributed by atoms with Gasteiger partial charge in [-0.25, -0.2) is 15.0 Å². The van der Waals surface area contributed by atoms with Gasteiger partial charge in [0.1, 0.15) is 16.5 Å². The summed E-state index contributed by atoms with van der Waals surface area (Å²) in [6, 6.07) is 2.00. The Morgan fingerprint density at radius 3 is 2.66 bits per heavy atom. The van der Waals surface area contributed by atoms with Crippen molar-refractivity contribution in [2.45, 2.75) is 56.2 Å². The lowest BCUT2D eigenvalue weighted by molar-refractivity contribution is 0.204. The summed E-state index contributed by atoms with van der Waals surface area (Å²) in [6.45, 7) is 7.80. The summed E-state index contributed by atoms with van der Waals surface area (Å²) >= 11 is 7.86. The van der Waals surface area contributed by atoms with Crippen LogP contribution in [0, 0.1) is 12.3 Å². The normalized spacial score (nSPS) is 17.3. The summed E-state index contributed by atoms with van der Waals surface area (Å²) < 4.78 is 0. The molecule has 4 N–H and O–H groups in total. The van der Waals surface area contributed by atoms with Gasteiger partial charge in [-0.1, -0.05) is 30.3 Å². The molecule has 1 aliphatic heterocycles. The molecule has 0 bridgehead atoms. The van der Waals surface area contributed by atoms with Gasteiger partial charge in [-0.3, -0.25) is 0 Å². The van der Waals surface area contributed by atoms with Crippen LogP contribution in [0.15, 0.2) is 22.2 Å². The van der Waals surface area contributed by atoms with Gasteiger partial charge < -0.3 is 21.1 Å². The van der Waals surface area contributed by atoms with E-state index in [9.17, 15) is 5.11 Å². The van der Waals surface area contributed by atoms with Crippen LogP contribution in [0.2, 0.25) is 5.02 Å². The molecule has 2 aromatic heterocycles. The van der Waals surface area contributed by atoms with Crippen molar-refractivity contribution in [3.05, 3.63) is 28.7 Å². The Hall–Kier alpha value is -1.61. The van der Waals surface area contributed by atoms with Gasteiger partial charge in [-0.15, -0.1) is 0 Å². The van der Waals surface area contributed by atoms with Crippen molar-refractivity contribution in [1.82, 2.24) is 15.0 Å². The average Bonchev–Trinajstić information content (AvgIpc) is 2.71. The minimum absolute atomic E-state index is 0.136. The lowest BCUT2D eigenvalue weighted by Crippen LogP contribution is -2.47. The second-order valence-corrected chi connectivity index (χ2v) is 9.20. The molecular weight excluding hydrogens is 408 g/mol. The Labute approximate surface area is 181 Å². The Morgan fingerprint density at radius 1 is 1.38 bits per heavy atom. The van der Waals surface area contributed by atoms with E-state index in [1.54, 1.807) is 13.2 Å². The summed E-state index contributed by atoms with van der Waals surface area (Å²) in [6.07, 6.45) is 3.69. The highest BCUT2D eigenvalue weighted by molar-refractivity contribution is 7.99. The van der Waals surface area contributed by atoms with E-state index in [1.807, 2.05) is 13.0 Å². The number of nitrogens with two attached hydrogens (primary N) is 1. The standard InChI is InChI=1S/C20H29ClN6OS/c1-12-19(29-15-5-8-24-17(23-4)16(15)21)26-14(11-28)18(25-12)27-9-6-20(3,7-10-27)13(2)22/h5,8,13,28H,6-7,9-11,22H2,1-4H3,(H,23,24). The number of piperidine rings is 1. The van der Waals surface area contributed by atoms with Gasteiger partial charge in [0.05, 0.1) is 17.3 Å². The number of hydrogen-bond donors (Lipinski definition) is 3. The van der Waals surface area contributed by atoms with Crippen molar-refractivity contribution in [1.29, 1.82) is 0 Å². The fraction of sp³-hybridized carbons (Fsp3) is 0.550. The Balaban J connectivity index is 1.85. The van der Waals surface area contributed by atoms with Crippen molar-refractivity contribution in [2.75, 3.05) is 30.4 Å². The molecule has 0 radical (unpaired) electrons. The van der Waals surface area contributed by atoms with Gasteiger partial charge in [0.15, 0.2) is 5.82 Å². The molecule has 158 valence electrons. The second kappa shape index (κ2) is 9.04. The maximum atomic E-state index is 9.95. The monoisotopic (exact) mass is 436 g/mol. The quantitative estimate of drug-likeness (QED) is 0.632. The third kappa shape index (κ3) is 4.60. The van der Waals surface area contributed by atoms with E-state index in [-0.39, 0.29) is 18.1 Å². The number of nitrogens with zero attached hydrogens (tertiary/aromatic N) is 4. The minimum atomic E-state index is -0.164. The Bertz CT molecular complexity index is 870. The van der Waals surface area contributed by atoms with Crippen molar-refractivity contribution < 1.29 is 5.11 Å². The van der Waals surface area contributed by atoms with Crippen molar-refractivity contribution in [3.63, 3.8) is 0 Å². The summed E-state index contributed by atoms with van der Waals surface area (Å²) in [5, 5.41) is 14.2. The van der Waals surface area contributed by atoms with Gasteiger partial charge >= 0.3 is 0 Å². The van der Waals surface area contributed by atoms with E-state index < -0.39 is 0 Å². The van der Waals surface area contributed by atoms with Crippen LogP contribution >= 0.6 is 23.4 Å². The lowest BCUT2D eigenvalue weighted by Gasteiger charge is -2.42. The predicted molar refractivity (Wildman–Crippen MR) is 119 cm³/mol. The molecule has 0 saturated carbocycles. The van der Waals surface area contributed by atoms with Crippen molar-refractivity contribution >= 4 is 35.0 Å². The highest BCUT2D eigenvalue weighted by Crippen LogP contribution is 2.39. The number of aliphatic hydroxyl groups excluding tert-OH is 1. The number of anilines is 2. The zero-order valence-corrected chi connectivity index (χ0v) is 18.9. The fourth-order valence-electron chi connectivity index (χ4n) is 3.45. The first-order valence-corrected chi connectivity index (χ1v) is 11.0. The smallest absolute Gasteiger partial charge is 0.153 e. The molecular formula is C20H29ClN6OS. The molecule has 0 aromatic carbocycles. The number of aryl methyl sites for hydroxylation is 1. The van der Waals surface area contributed by atoms with Crippen LogP contribution in [0.25, 0.3) is 0 Å². The largest absolute Gasteiger partial charge is 0.390 e. The molecule has 3 heterocycles. The fourth-order valence-corrected chi connectivity index (χ4v) is 4.64. The van der Waals surface area contributed by atoms with Crippen LogP contribution in [-0.4, -0.2) is 46.2 Å². The lowest BCUT2D eigenvalue weighted by atomic mass is 9.75. The number of nitrogens with one attached hydrogen (secondary N) is 1. The van der Waals surface area contributed by atoms with Crippen molar-refractivity contribution in [2.24, 2.45) is 11.1 Å². The number of pyridine rings is 1. The Kier molecular flexibility index (Phi) is 6.88. The van der Waals surface area contributed by atoms with Crippen LogP contribution < -0.4 is 16.0 Å². The van der Waals surface area contributed by atoms with Crippen LogP contribution in [-0.2, 0) is 6.61 Å². The molecule has 7 nitrogen and oxygen atoms in total. The predicted octanol–water partition coefficient (Wildman–Crippen LogP) is 3.47. The third-order valence-corrected chi connectivity index (χ3v) is 7.46. The molecule has 1 saturated heterocycles.